The van der Waals surface area contributed by atoms with Gasteiger partial charge in [0.2, 0.25) is 5.78 Å². The Morgan fingerprint density at radius 1 is 1.32 bits per heavy atom. The van der Waals surface area contributed by atoms with E-state index in [4.69, 9.17) is 14.2 Å². The number of nitrogens with zero attached hydrogens (tertiary/aromatic N) is 1. The first-order chi connectivity index (χ1) is 12.2. The monoisotopic (exact) mass is 337 g/mol. The number of esters is 1. The third kappa shape index (κ3) is 3.92. The van der Waals surface area contributed by atoms with Crippen LogP contribution in [0.4, 0.5) is 0 Å². The number of rotatable bonds is 6. The molecule has 1 aliphatic rings. The van der Waals surface area contributed by atoms with Gasteiger partial charge in [-0.25, -0.2) is 4.79 Å². The molecule has 0 amide bonds. The summed E-state index contributed by atoms with van der Waals surface area (Å²) in [5.41, 5.74) is 1.21. The Bertz CT molecular complexity index is 842. The van der Waals surface area contributed by atoms with E-state index < -0.39 is 5.97 Å². The number of fused-ring (bicyclic) bond motifs is 1. The number of ether oxygens (including phenoxy) is 3. The van der Waals surface area contributed by atoms with Crippen LogP contribution in [0.3, 0.4) is 0 Å². The lowest BCUT2D eigenvalue weighted by Crippen LogP contribution is -2.14. The fraction of sp³-hybridized carbons (Fsp3) is 0.105. The van der Waals surface area contributed by atoms with E-state index >= 15 is 0 Å². The second kappa shape index (κ2) is 7.44. The summed E-state index contributed by atoms with van der Waals surface area (Å²) in [5.74, 6) is 0.290. The summed E-state index contributed by atoms with van der Waals surface area (Å²) in [4.78, 5) is 27.8. The Morgan fingerprint density at radius 2 is 2.20 bits per heavy atom. The molecule has 3 rings (SSSR count). The second-order valence-corrected chi connectivity index (χ2v) is 5.14. The van der Waals surface area contributed by atoms with E-state index in [0.29, 0.717) is 17.1 Å². The first kappa shape index (κ1) is 16.4. The smallest absolute Gasteiger partial charge is 0.344 e. The van der Waals surface area contributed by atoms with Gasteiger partial charge in [0.15, 0.2) is 12.4 Å². The van der Waals surface area contributed by atoms with Crippen molar-refractivity contribution in [1.82, 2.24) is 4.98 Å². The molecule has 0 fully saturated rings. The van der Waals surface area contributed by atoms with Gasteiger partial charge in [0.05, 0.1) is 5.56 Å². The standard InChI is InChI=1S/C19H15NO5/c1-2-8-23-18(21)12-24-14-5-6-15-16(10-14)25-17(19(15)22)9-13-4-3-7-20-11-13/h2-7,9-11H,1,8,12H2/b17-9-. The van der Waals surface area contributed by atoms with Crippen LogP contribution in [0.25, 0.3) is 6.08 Å². The third-order valence-corrected chi connectivity index (χ3v) is 3.34. The number of carbonyl (C=O) groups is 2. The Kier molecular flexibility index (Phi) is 4.89. The molecule has 6 nitrogen and oxygen atoms in total. The van der Waals surface area contributed by atoms with Crippen LogP contribution in [0.15, 0.2) is 61.1 Å². The van der Waals surface area contributed by atoms with E-state index in [1.807, 2.05) is 6.07 Å². The number of benzene rings is 1. The van der Waals surface area contributed by atoms with Gasteiger partial charge in [0, 0.05) is 18.5 Å². The molecule has 0 radical (unpaired) electrons. The van der Waals surface area contributed by atoms with Crippen molar-refractivity contribution < 1.29 is 23.8 Å². The summed E-state index contributed by atoms with van der Waals surface area (Å²) in [6.07, 6.45) is 6.39. The highest BCUT2D eigenvalue weighted by atomic mass is 16.6. The molecule has 0 saturated heterocycles. The Labute approximate surface area is 144 Å². The zero-order chi connectivity index (χ0) is 17.6. The molecule has 0 spiro atoms. The summed E-state index contributed by atoms with van der Waals surface area (Å²) >= 11 is 0. The van der Waals surface area contributed by atoms with Gasteiger partial charge < -0.3 is 14.2 Å². The van der Waals surface area contributed by atoms with Crippen molar-refractivity contribution in [3.05, 3.63) is 72.3 Å². The summed E-state index contributed by atoms with van der Waals surface area (Å²) < 4.78 is 15.8. The number of ketones is 1. The number of hydrogen-bond acceptors (Lipinski definition) is 6. The van der Waals surface area contributed by atoms with Crippen LogP contribution in [0.2, 0.25) is 0 Å². The highest BCUT2D eigenvalue weighted by molar-refractivity contribution is 6.14. The quantitative estimate of drug-likeness (QED) is 0.458. The molecule has 2 aromatic rings. The largest absolute Gasteiger partial charge is 0.482 e. The maximum absolute atomic E-state index is 12.4. The van der Waals surface area contributed by atoms with Crippen molar-refractivity contribution in [2.75, 3.05) is 13.2 Å². The van der Waals surface area contributed by atoms with E-state index in [9.17, 15) is 9.59 Å². The molecule has 0 N–H and O–H groups in total. The Morgan fingerprint density at radius 3 is 2.96 bits per heavy atom. The van der Waals surface area contributed by atoms with Crippen LogP contribution in [0, 0.1) is 0 Å². The number of aromatic nitrogens is 1. The molecule has 0 saturated carbocycles. The van der Waals surface area contributed by atoms with Gasteiger partial charge in [-0.05, 0) is 29.8 Å². The summed E-state index contributed by atoms with van der Waals surface area (Å²) in [7, 11) is 0. The lowest BCUT2D eigenvalue weighted by Gasteiger charge is -2.06. The Balaban J connectivity index is 1.70. The molecule has 0 atom stereocenters. The average Bonchev–Trinajstić information content (AvgIpc) is 2.94. The molecule has 0 unspecified atom stereocenters. The number of pyridine rings is 1. The molecular formula is C19H15NO5. The maximum atomic E-state index is 12.4. The minimum atomic E-state index is -0.505. The number of allylic oxidation sites excluding steroid dienone is 1. The molecule has 1 aromatic heterocycles. The van der Waals surface area contributed by atoms with Crippen LogP contribution in [0.5, 0.6) is 11.5 Å². The molecule has 0 bridgehead atoms. The van der Waals surface area contributed by atoms with Crippen molar-refractivity contribution in [3.8, 4) is 11.5 Å². The molecule has 1 aromatic carbocycles. The van der Waals surface area contributed by atoms with Gasteiger partial charge in [0.25, 0.3) is 0 Å². The van der Waals surface area contributed by atoms with E-state index in [1.54, 1.807) is 42.7 Å². The molecule has 2 heterocycles. The number of Topliss-reactive ketones (excluding diaryl/α,β-unsaturated/α-hetero) is 1. The van der Waals surface area contributed by atoms with E-state index in [-0.39, 0.29) is 24.8 Å². The second-order valence-electron chi connectivity index (χ2n) is 5.14. The molecule has 126 valence electrons. The van der Waals surface area contributed by atoms with Crippen LogP contribution in [0.1, 0.15) is 15.9 Å². The van der Waals surface area contributed by atoms with Gasteiger partial charge in [-0.3, -0.25) is 9.78 Å². The Hall–Kier alpha value is -3.41. The zero-order valence-corrected chi connectivity index (χ0v) is 13.3. The third-order valence-electron chi connectivity index (χ3n) is 3.34. The number of carbonyl (C=O) groups excluding carboxylic acids is 2. The first-order valence-corrected chi connectivity index (χ1v) is 7.55. The molecule has 1 aliphatic heterocycles. The van der Waals surface area contributed by atoms with E-state index in [0.717, 1.165) is 5.56 Å². The highest BCUT2D eigenvalue weighted by Crippen LogP contribution is 2.34. The minimum Gasteiger partial charge on any atom is -0.482 e. The van der Waals surface area contributed by atoms with Crippen LogP contribution < -0.4 is 9.47 Å². The van der Waals surface area contributed by atoms with Crippen molar-refractivity contribution in [3.63, 3.8) is 0 Å². The van der Waals surface area contributed by atoms with E-state index in [1.165, 1.54) is 6.08 Å². The molecule has 0 aliphatic carbocycles. The van der Waals surface area contributed by atoms with Crippen LogP contribution >= 0.6 is 0 Å². The fourth-order valence-corrected chi connectivity index (χ4v) is 2.21. The SMILES string of the molecule is C=CCOC(=O)COc1ccc2c(c1)O/C(=C\c1cccnc1)C2=O. The predicted octanol–water partition coefficient (Wildman–Crippen LogP) is 2.81. The van der Waals surface area contributed by atoms with Gasteiger partial charge in [0.1, 0.15) is 18.1 Å². The number of hydrogen-bond donors (Lipinski definition) is 0. The van der Waals surface area contributed by atoms with Crippen molar-refractivity contribution in [2.45, 2.75) is 0 Å². The van der Waals surface area contributed by atoms with Gasteiger partial charge >= 0.3 is 5.97 Å². The van der Waals surface area contributed by atoms with Gasteiger partial charge in [-0.15, -0.1) is 0 Å². The van der Waals surface area contributed by atoms with E-state index in [2.05, 4.69) is 11.6 Å². The fourth-order valence-electron chi connectivity index (χ4n) is 2.21. The van der Waals surface area contributed by atoms with Crippen LogP contribution in [-0.2, 0) is 9.53 Å². The molecular weight excluding hydrogens is 322 g/mol. The first-order valence-electron chi connectivity index (χ1n) is 7.55. The zero-order valence-electron chi connectivity index (χ0n) is 13.3. The minimum absolute atomic E-state index is 0.131. The van der Waals surface area contributed by atoms with Gasteiger partial charge in [-0.2, -0.15) is 0 Å². The normalized spacial score (nSPS) is 13.9. The molecule has 25 heavy (non-hydrogen) atoms. The summed E-state index contributed by atoms with van der Waals surface area (Å²) in [6, 6.07) is 8.37. The van der Waals surface area contributed by atoms with Crippen molar-refractivity contribution in [1.29, 1.82) is 0 Å². The maximum Gasteiger partial charge on any atom is 0.344 e. The lowest BCUT2D eigenvalue weighted by molar-refractivity contribution is -0.144. The highest BCUT2D eigenvalue weighted by Gasteiger charge is 2.27. The average molecular weight is 337 g/mol. The topological polar surface area (TPSA) is 74.7 Å². The molecule has 6 heteroatoms. The summed E-state index contributed by atoms with van der Waals surface area (Å²) in [5, 5.41) is 0. The van der Waals surface area contributed by atoms with Gasteiger partial charge in [-0.1, -0.05) is 18.7 Å². The van der Waals surface area contributed by atoms with Crippen LogP contribution in [-0.4, -0.2) is 30.0 Å². The van der Waals surface area contributed by atoms with Crippen molar-refractivity contribution >= 4 is 17.8 Å². The summed E-state index contributed by atoms with van der Waals surface area (Å²) in [6.45, 7) is 3.35. The lowest BCUT2D eigenvalue weighted by atomic mass is 10.1. The predicted molar refractivity (Wildman–Crippen MR) is 90.3 cm³/mol. The van der Waals surface area contributed by atoms with Crippen molar-refractivity contribution in [2.24, 2.45) is 0 Å².